The molecule has 1 unspecified atom stereocenters. The second kappa shape index (κ2) is 4.71. The van der Waals surface area contributed by atoms with Crippen molar-refractivity contribution in [2.24, 2.45) is 0 Å². The molecule has 0 aliphatic heterocycles. The molecule has 2 N–H and O–H groups in total. The van der Waals surface area contributed by atoms with Crippen LogP contribution in [0.3, 0.4) is 0 Å². The molecule has 0 saturated heterocycles. The normalized spacial score (nSPS) is 14.8. The summed E-state index contributed by atoms with van der Waals surface area (Å²) in [6, 6.07) is 5.71. The first-order valence-corrected chi connectivity index (χ1v) is 5.88. The minimum absolute atomic E-state index is 0.456. The highest BCUT2D eigenvalue weighted by atomic mass is 16.3. The molecule has 2 aromatic rings. The van der Waals surface area contributed by atoms with Crippen LogP contribution in [0.5, 0.6) is 0 Å². The molecule has 0 amide bonds. The molecule has 92 valence electrons. The Labute approximate surface area is 100 Å². The summed E-state index contributed by atoms with van der Waals surface area (Å²) in [5, 5.41) is 17.4. The lowest BCUT2D eigenvalue weighted by Crippen LogP contribution is -2.33. The number of aliphatic hydroxyl groups is 1. The Balaban J connectivity index is 2.04. The summed E-state index contributed by atoms with van der Waals surface area (Å²) in [6.45, 7) is 4.33. The fourth-order valence-corrected chi connectivity index (χ4v) is 1.80. The lowest BCUT2D eigenvalue weighted by molar-refractivity contribution is 0.0635. The van der Waals surface area contributed by atoms with Gasteiger partial charge in [-0.15, -0.1) is 5.10 Å². The molecule has 0 bridgehead atoms. The Morgan fingerprint density at radius 3 is 3.00 bits per heavy atom. The van der Waals surface area contributed by atoms with Gasteiger partial charge in [-0.05, 0) is 25.5 Å². The number of hydrogen-bond acceptors (Lipinski definition) is 4. The SMILES string of the molecule is CCCC(C)(O)CNc1nc2ccccn2n1. The standard InChI is InChI=1S/C12H18N4O/c1-3-7-12(2,17)9-13-11-14-10-6-4-5-8-16(10)15-11/h4-6,8,17H,3,7,9H2,1-2H3,(H,13,15). The van der Waals surface area contributed by atoms with Gasteiger partial charge in [-0.3, -0.25) is 0 Å². The Morgan fingerprint density at radius 2 is 2.29 bits per heavy atom. The maximum Gasteiger partial charge on any atom is 0.243 e. The average Bonchev–Trinajstić information content (AvgIpc) is 2.69. The summed E-state index contributed by atoms with van der Waals surface area (Å²) in [4.78, 5) is 4.31. The van der Waals surface area contributed by atoms with Gasteiger partial charge in [0.15, 0.2) is 5.65 Å². The molecule has 0 aliphatic carbocycles. The van der Waals surface area contributed by atoms with Crippen LogP contribution < -0.4 is 5.32 Å². The molecular formula is C12H18N4O. The fraction of sp³-hybridized carbons (Fsp3) is 0.500. The molecule has 1 atom stereocenters. The number of aromatic nitrogens is 3. The maximum atomic E-state index is 10.0. The van der Waals surface area contributed by atoms with E-state index in [0.717, 1.165) is 18.5 Å². The van der Waals surface area contributed by atoms with E-state index in [-0.39, 0.29) is 0 Å². The first-order chi connectivity index (χ1) is 8.11. The molecule has 0 fully saturated rings. The third-order valence-electron chi connectivity index (χ3n) is 2.66. The topological polar surface area (TPSA) is 62.5 Å². The van der Waals surface area contributed by atoms with E-state index >= 15 is 0 Å². The van der Waals surface area contributed by atoms with E-state index in [1.807, 2.05) is 31.3 Å². The van der Waals surface area contributed by atoms with E-state index in [2.05, 4.69) is 22.3 Å². The second-order valence-corrected chi connectivity index (χ2v) is 4.54. The number of anilines is 1. The van der Waals surface area contributed by atoms with Crippen LogP contribution in [0.4, 0.5) is 5.95 Å². The van der Waals surface area contributed by atoms with Crippen LogP contribution in [0.1, 0.15) is 26.7 Å². The first-order valence-electron chi connectivity index (χ1n) is 5.88. The van der Waals surface area contributed by atoms with Gasteiger partial charge in [0.05, 0.1) is 5.60 Å². The van der Waals surface area contributed by atoms with Crippen LogP contribution >= 0.6 is 0 Å². The molecule has 0 saturated carbocycles. The van der Waals surface area contributed by atoms with Crippen LogP contribution in [0, 0.1) is 0 Å². The number of rotatable bonds is 5. The Morgan fingerprint density at radius 1 is 1.47 bits per heavy atom. The zero-order valence-corrected chi connectivity index (χ0v) is 10.2. The maximum absolute atomic E-state index is 10.0. The summed E-state index contributed by atoms with van der Waals surface area (Å²) < 4.78 is 1.71. The lowest BCUT2D eigenvalue weighted by atomic mass is 10.0. The van der Waals surface area contributed by atoms with Crippen molar-refractivity contribution in [1.82, 2.24) is 14.6 Å². The Hall–Kier alpha value is -1.62. The minimum Gasteiger partial charge on any atom is -0.388 e. The van der Waals surface area contributed by atoms with Gasteiger partial charge in [-0.1, -0.05) is 19.4 Å². The summed E-state index contributed by atoms with van der Waals surface area (Å²) in [7, 11) is 0. The van der Waals surface area contributed by atoms with Crippen molar-refractivity contribution in [2.75, 3.05) is 11.9 Å². The summed E-state index contributed by atoms with van der Waals surface area (Å²) in [5.41, 5.74) is 0.0804. The van der Waals surface area contributed by atoms with Crippen LogP contribution in [0.2, 0.25) is 0 Å². The summed E-state index contributed by atoms with van der Waals surface area (Å²) >= 11 is 0. The third kappa shape index (κ3) is 2.94. The van der Waals surface area contributed by atoms with E-state index < -0.39 is 5.60 Å². The van der Waals surface area contributed by atoms with Crippen molar-refractivity contribution in [2.45, 2.75) is 32.3 Å². The molecule has 0 aliphatic rings. The Bertz CT molecular complexity index is 459. The molecule has 17 heavy (non-hydrogen) atoms. The van der Waals surface area contributed by atoms with Gasteiger partial charge < -0.3 is 10.4 Å². The van der Waals surface area contributed by atoms with Gasteiger partial charge in [0.25, 0.3) is 0 Å². The van der Waals surface area contributed by atoms with Crippen LogP contribution in [0.15, 0.2) is 24.4 Å². The number of fused-ring (bicyclic) bond motifs is 1. The number of hydrogen-bond donors (Lipinski definition) is 2. The van der Waals surface area contributed by atoms with Gasteiger partial charge in [0.1, 0.15) is 0 Å². The molecule has 2 heterocycles. The number of pyridine rings is 1. The smallest absolute Gasteiger partial charge is 0.243 e. The highest BCUT2D eigenvalue weighted by Gasteiger charge is 2.19. The molecule has 5 nitrogen and oxygen atoms in total. The quantitative estimate of drug-likeness (QED) is 0.826. The summed E-state index contributed by atoms with van der Waals surface area (Å²) in [6.07, 6.45) is 3.55. The zero-order chi connectivity index (χ0) is 12.3. The zero-order valence-electron chi connectivity index (χ0n) is 10.2. The van der Waals surface area contributed by atoms with E-state index in [0.29, 0.717) is 12.5 Å². The Kier molecular flexibility index (Phi) is 3.28. The van der Waals surface area contributed by atoms with Crippen molar-refractivity contribution in [3.05, 3.63) is 24.4 Å². The molecule has 2 rings (SSSR count). The van der Waals surface area contributed by atoms with Crippen molar-refractivity contribution in [3.63, 3.8) is 0 Å². The van der Waals surface area contributed by atoms with Crippen molar-refractivity contribution in [3.8, 4) is 0 Å². The predicted octanol–water partition coefficient (Wildman–Crippen LogP) is 1.69. The largest absolute Gasteiger partial charge is 0.388 e. The first kappa shape index (κ1) is 11.9. The highest BCUT2D eigenvalue weighted by Crippen LogP contribution is 2.13. The summed E-state index contributed by atoms with van der Waals surface area (Å²) in [5.74, 6) is 0.549. The van der Waals surface area contributed by atoms with Gasteiger partial charge in [-0.25, -0.2) is 4.52 Å². The van der Waals surface area contributed by atoms with E-state index in [1.165, 1.54) is 0 Å². The van der Waals surface area contributed by atoms with Crippen molar-refractivity contribution < 1.29 is 5.11 Å². The van der Waals surface area contributed by atoms with Gasteiger partial charge in [-0.2, -0.15) is 4.98 Å². The van der Waals surface area contributed by atoms with Crippen molar-refractivity contribution >= 4 is 11.6 Å². The van der Waals surface area contributed by atoms with Gasteiger partial charge in [0.2, 0.25) is 5.95 Å². The molecule has 5 heteroatoms. The van der Waals surface area contributed by atoms with Crippen LogP contribution in [-0.2, 0) is 0 Å². The third-order valence-corrected chi connectivity index (χ3v) is 2.66. The van der Waals surface area contributed by atoms with E-state index in [1.54, 1.807) is 4.52 Å². The fourth-order valence-electron chi connectivity index (χ4n) is 1.80. The number of nitrogens with zero attached hydrogens (tertiary/aromatic N) is 3. The molecular weight excluding hydrogens is 216 g/mol. The molecule has 2 aromatic heterocycles. The molecule has 0 aromatic carbocycles. The lowest BCUT2D eigenvalue weighted by Gasteiger charge is -2.22. The van der Waals surface area contributed by atoms with Crippen LogP contribution in [-0.4, -0.2) is 31.9 Å². The minimum atomic E-state index is -0.716. The highest BCUT2D eigenvalue weighted by molar-refractivity contribution is 5.42. The molecule has 0 spiro atoms. The monoisotopic (exact) mass is 234 g/mol. The van der Waals surface area contributed by atoms with Gasteiger partial charge >= 0.3 is 0 Å². The second-order valence-electron chi connectivity index (χ2n) is 4.54. The van der Waals surface area contributed by atoms with E-state index in [9.17, 15) is 5.11 Å². The van der Waals surface area contributed by atoms with E-state index in [4.69, 9.17) is 0 Å². The molecule has 0 radical (unpaired) electrons. The van der Waals surface area contributed by atoms with Crippen LogP contribution in [0.25, 0.3) is 5.65 Å². The number of nitrogens with one attached hydrogen (secondary N) is 1. The van der Waals surface area contributed by atoms with Crippen molar-refractivity contribution in [1.29, 1.82) is 0 Å². The average molecular weight is 234 g/mol. The predicted molar refractivity (Wildman–Crippen MR) is 67.0 cm³/mol. The van der Waals surface area contributed by atoms with Gasteiger partial charge in [0, 0.05) is 12.7 Å².